The van der Waals surface area contributed by atoms with Gasteiger partial charge in [0.15, 0.2) is 0 Å². The van der Waals surface area contributed by atoms with Gasteiger partial charge in [0.1, 0.15) is 12.4 Å². The molecule has 1 amide bonds. The minimum Gasteiger partial charge on any atom is -0.492 e. The van der Waals surface area contributed by atoms with Crippen LogP contribution in [0.1, 0.15) is 16.1 Å². The number of halogens is 1. The van der Waals surface area contributed by atoms with Crippen molar-refractivity contribution in [1.82, 2.24) is 14.7 Å². The molecule has 0 aliphatic heterocycles. The van der Waals surface area contributed by atoms with Crippen molar-refractivity contribution in [3.8, 4) is 5.75 Å². The maximum Gasteiger partial charge on any atom is 0.257 e. The Kier molecular flexibility index (Phi) is 4.85. The number of ether oxygens (including phenoxy) is 1. The number of hydrogen-bond donors (Lipinski definition) is 0. The number of carbonyl (C=O) groups is 1. The van der Waals surface area contributed by atoms with Crippen LogP contribution >= 0.6 is 11.6 Å². The molecule has 0 aliphatic carbocycles. The van der Waals surface area contributed by atoms with Gasteiger partial charge in [-0.15, -0.1) is 0 Å². The summed E-state index contributed by atoms with van der Waals surface area (Å²) in [5.74, 6) is 0.635. The Bertz CT molecular complexity index is 640. The van der Waals surface area contributed by atoms with E-state index in [1.165, 1.54) is 0 Å². The molecule has 0 N–H and O–H groups in total. The Morgan fingerprint density at radius 1 is 1.48 bits per heavy atom. The van der Waals surface area contributed by atoms with Gasteiger partial charge in [-0.05, 0) is 25.1 Å². The molecule has 6 heteroatoms. The number of aryl methyl sites for hydroxylation is 1. The zero-order valence-corrected chi connectivity index (χ0v) is 13.1. The topological polar surface area (TPSA) is 47.4 Å². The van der Waals surface area contributed by atoms with Gasteiger partial charge in [-0.1, -0.05) is 17.7 Å². The third-order valence-electron chi connectivity index (χ3n) is 3.30. The van der Waals surface area contributed by atoms with Crippen LogP contribution in [0.5, 0.6) is 5.75 Å². The lowest BCUT2D eigenvalue weighted by atomic mass is 10.2. The summed E-state index contributed by atoms with van der Waals surface area (Å²) in [6.07, 6.45) is 1.59. The van der Waals surface area contributed by atoms with Crippen molar-refractivity contribution < 1.29 is 9.53 Å². The highest BCUT2D eigenvalue weighted by Crippen LogP contribution is 2.17. The lowest BCUT2D eigenvalue weighted by Crippen LogP contribution is -2.31. The summed E-state index contributed by atoms with van der Waals surface area (Å²) in [7, 11) is 3.56. The molecule has 0 unspecified atom stereocenters. The van der Waals surface area contributed by atoms with Gasteiger partial charge in [0.2, 0.25) is 0 Å². The lowest BCUT2D eigenvalue weighted by Gasteiger charge is -2.17. The van der Waals surface area contributed by atoms with Crippen LogP contribution < -0.4 is 4.74 Å². The molecule has 2 rings (SSSR count). The van der Waals surface area contributed by atoms with E-state index < -0.39 is 0 Å². The van der Waals surface area contributed by atoms with E-state index in [-0.39, 0.29) is 5.91 Å². The van der Waals surface area contributed by atoms with E-state index in [0.29, 0.717) is 29.5 Å². The second-order valence-electron chi connectivity index (χ2n) is 4.80. The van der Waals surface area contributed by atoms with Crippen molar-refractivity contribution in [2.75, 3.05) is 20.2 Å². The van der Waals surface area contributed by atoms with Crippen molar-refractivity contribution in [3.05, 3.63) is 46.7 Å². The Balaban J connectivity index is 1.88. The highest BCUT2D eigenvalue weighted by atomic mass is 35.5. The van der Waals surface area contributed by atoms with E-state index in [0.717, 1.165) is 5.69 Å². The van der Waals surface area contributed by atoms with Crippen LogP contribution in [-0.2, 0) is 7.05 Å². The molecule has 0 aliphatic rings. The van der Waals surface area contributed by atoms with Crippen LogP contribution in [0.2, 0.25) is 5.02 Å². The number of rotatable bonds is 5. The van der Waals surface area contributed by atoms with Gasteiger partial charge in [-0.2, -0.15) is 5.10 Å². The molecule has 0 fully saturated rings. The van der Waals surface area contributed by atoms with Crippen LogP contribution in [0.3, 0.4) is 0 Å². The maximum atomic E-state index is 12.3. The second kappa shape index (κ2) is 6.63. The predicted molar refractivity (Wildman–Crippen MR) is 81.9 cm³/mol. The first-order valence-corrected chi connectivity index (χ1v) is 6.99. The van der Waals surface area contributed by atoms with E-state index in [1.54, 1.807) is 35.0 Å². The fourth-order valence-electron chi connectivity index (χ4n) is 1.87. The zero-order valence-electron chi connectivity index (χ0n) is 12.3. The molecule has 5 nitrogen and oxygen atoms in total. The molecule has 0 atom stereocenters. The van der Waals surface area contributed by atoms with Gasteiger partial charge in [0.05, 0.1) is 18.3 Å². The molecule has 112 valence electrons. The standard InChI is InChI=1S/C15H18ClN3O2/c1-11-14(10-17-19(11)3)15(20)18(2)7-8-21-13-6-4-5-12(16)9-13/h4-6,9-10H,7-8H2,1-3H3. The highest BCUT2D eigenvalue weighted by Gasteiger charge is 2.16. The number of aromatic nitrogens is 2. The Hall–Kier alpha value is -2.01. The summed E-state index contributed by atoms with van der Waals surface area (Å²) in [5, 5.41) is 4.71. The SMILES string of the molecule is Cc1c(C(=O)N(C)CCOc2cccc(Cl)c2)cnn1C. The molecule has 0 saturated carbocycles. The third kappa shape index (κ3) is 3.76. The van der Waals surface area contributed by atoms with Crippen molar-refractivity contribution in [2.45, 2.75) is 6.92 Å². The average molecular weight is 308 g/mol. The van der Waals surface area contributed by atoms with Crippen molar-refractivity contribution in [1.29, 1.82) is 0 Å². The first kappa shape index (κ1) is 15.4. The summed E-state index contributed by atoms with van der Waals surface area (Å²) in [6, 6.07) is 7.19. The normalized spacial score (nSPS) is 10.5. The summed E-state index contributed by atoms with van der Waals surface area (Å²) >= 11 is 5.88. The maximum absolute atomic E-state index is 12.3. The van der Waals surface area contributed by atoms with E-state index in [2.05, 4.69) is 5.10 Å². The average Bonchev–Trinajstić information content (AvgIpc) is 2.78. The molecule has 21 heavy (non-hydrogen) atoms. The number of carbonyl (C=O) groups excluding carboxylic acids is 1. The van der Waals surface area contributed by atoms with Crippen molar-refractivity contribution in [2.24, 2.45) is 7.05 Å². The van der Waals surface area contributed by atoms with Gasteiger partial charge in [0, 0.05) is 24.8 Å². The van der Waals surface area contributed by atoms with Crippen LogP contribution in [0, 0.1) is 6.92 Å². The van der Waals surface area contributed by atoms with Crippen LogP contribution in [-0.4, -0.2) is 40.8 Å². The van der Waals surface area contributed by atoms with Crippen LogP contribution in [0.15, 0.2) is 30.5 Å². The summed E-state index contributed by atoms with van der Waals surface area (Å²) < 4.78 is 7.26. The van der Waals surface area contributed by atoms with Gasteiger partial charge < -0.3 is 9.64 Å². The molecule has 1 aromatic heterocycles. The predicted octanol–water partition coefficient (Wildman–Crippen LogP) is 2.53. The first-order chi connectivity index (χ1) is 9.99. The minimum absolute atomic E-state index is 0.0599. The molecule has 1 heterocycles. The molecule has 0 saturated heterocycles. The minimum atomic E-state index is -0.0599. The van der Waals surface area contributed by atoms with Crippen LogP contribution in [0.25, 0.3) is 0 Å². The molecular weight excluding hydrogens is 290 g/mol. The van der Waals surface area contributed by atoms with Crippen molar-refractivity contribution >= 4 is 17.5 Å². The number of amides is 1. The van der Waals surface area contributed by atoms with E-state index in [1.807, 2.05) is 26.1 Å². The fourth-order valence-corrected chi connectivity index (χ4v) is 2.05. The van der Waals surface area contributed by atoms with Crippen molar-refractivity contribution in [3.63, 3.8) is 0 Å². The molecular formula is C15H18ClN3O2. The Labute approximate surface area is 129 Å². The van der Waals surface area contributed by atoms with Gasteiger partial charge in [0.25, 0.3) is 5.91 Å². The van der Waals surface area contributed by atoms with E-state index in [9.17, 15) is 4.79 Å². The highest BCUT2D eigenvalue weighted by molar-refractivity contribution is 6.30. The summed E-state index contributed by atoms with van der Waals surface area (Å²) in [4.78, 5) is 13.9. The molecule has 0 spiro atoms. The Morgan fingerprint density at radius 3 is 2.86 bits per heavy atom. The number of benzene rings is 1. The smallest absolute Gasteiger partial charge is 0.257 e. The van der Waals surface area contributed by atoms with E-state index >= 15 is 0 Å². The van der Waals surface area contributed by atoms with Gasteiger partial charge in [-0.3, -0.25) is 9.48 Å². The quantitative estimate of drug-likeness (QED) is 0.853. The molecule has 1 aromatic carbocycles. The monoisotopic (exact) mass is 307 g/mol. The number of likely N-dealkylation sites (N-methyl/N-ethyl adjacent to an activating group) is 1. The number of hydrogen-bond acceptors (Lipinski definition) is 3. The fraction of sp³-hybridized carbons (Fsp3) is 0.333. The first-order valence-electron chi connectivity index (χ1n) is 6.61. The number of nitrogens with zero attached hydrogens (tertiary/aromatic N) is 3. The second-order valence-corrected chi connectivity index (χ2v) is 5.24. The van der Waals surface area contributed by atoms with Gasteiger partial charge in [-0.25, -0.2) is 0 Å². The summed E-state index contributed by atoms with van der Waals surface area (Å²) in [6.45, 7) is 2.76. The molecule has 2 aromatic rings. The zero-order chi connectivity index (χ0) is 15.4. The summed E-state index contributed by atoms with van der Waals surface area (Å²) in [5.41, 5.74) is 1.46. The molecule has 0 radical (unpaired) electrons. The van der Waals surface area contributed by atoms with E-state index in [4.69, 9.17) is 16.3 Å². The molecule has 0 bridgehead atoms. The van der Waals surface area contributed by atoms with Crippen LogP contribution in [0.4, 0.5) is 0 Å². The van der Waals surface area contributed by atoms with Gasteiger partial charge >= 0.3 is 0 Å². The third-order valence-corrected chi connectivity index (χ3v) is 3.54. The largest absolute Gasteiger partial charge is 0.492 e. The Morgan fingerprint density at radius 2 is 2.24 bits per heavy atom. The lowest BCUT2D eigenvalue weighted by molar-refractivity contribution is 0.0773.